The van der Waals surface area contributed by atoms with Gasteiger partial charge < -0.3 is 20.6 Å². The summed E-state index contributed by atoms with van der Waals surface area (Å²) >= 11 is 5.41. The Morgan fingerprint density at radius 1 is 1.23 bits per heavy atom. The van der Waals surface area contributed by atoms with Gasteiger partial charge in [0, 0.05) is 36.8 Å². The van der Waals surface area contributed by atoms with Crippen molar-refractivity contribution < 1.29 is 19.5 Å². The van der Waals surface area contributed by atoms with Crippen LogP contribution in [0, 0.1) is 11.8 Å². The van der Waals surface area contributed by atoms with E-state index in [-0.39, 0.29) is 34.4 Å². The summed E-state index contributed by atoms with van der Waals surface area (Å²) in [6, 6.07) is -0.546. The summed E-state index contributed by atoms with van der Waals surface area (Å²) in [5.41, 5.74) is 0. The van der Waals surface area contributed by atoms with E-state index in [0.717, 1.165) is 32.1 Å². The highest BCUT2D eigenvalue weighted by Gasteiger charge is 2.75. The molecule has 2 bridgehead atoms. The van der Waals surface area contributed by atoms with Gasteiger partial charge in [0.15, 0.2) is 0 Å². The third-order valence-electron chi connectivity index (χ3n) is 6.72. The van der Waals surface area contributed by atoms with Crippen LogP contribution in [0.5, 0.6) is 0 Å². The van der Waals surface area contributed by atoms with Crippen LogP contribution in [0.1, 0.15) is 51.9 Å². The van der Waals surface area contributed by atoms with Gasteiger partial charge >= 0.3 is 0 Å². The van der Waals surface area contributed by atoms with Crippen LogP contribution in [-0.2, 0) is 14.4 Å². The van der Waals surface area contributed by atoms with Crippen LogP contribution in [0.2, 0.25) is 0 Å². The van der Waals surface area contributed by atoms with E-state index in [1.54, 1.807) is 23.7 Å². The third kappa shape index (κ3) is 4.13. The van der Waals surface area contributed by atoms with E-state index in [1.165, 1.54) is 0 Å². The van der Waals surface area contributed by atoms with Gasteiger partial charge in [-0.25, -0.2) is 0 Å². The molecule has 170 valence electrons. The summed E-state index contributed by atoms with van der Waals surface area (Å²) < 4.78 is -0.557. The second kappa shape index (κ2) is 10.2. The molecule has 0 aromatic carbocycles. The molecule has 3 N–H and O–H groups in total. The Morgan fingerprint density at radius 3 is 2.67 bits per heavy atom. The molecule has 3 amide bonds. The molecule has 0 aromatic rings. The van der Waals surface area contributed by atoms with E-state index in [9.17, 15) is 14.4 Å². The Labute approximate surface area is 191 Å². The zero-order chi connectivity index (χ0) is 21.9. The second-order valence-corrected chi connectivity index (χ2v) is 11.3. The van der Waals surface area contributed by atoms with Gasteiger partial charge in [0.2, 0.25) is 17.7 Å². The molecule has 3 fully saturated rings. The summed E-state index contributed by atoms with van der Waals surface area (Å²) in [6.07, 6.45) is 6.01. The van der Waals surface area contributed by atoms with Crippen LogP contribution < -0.4 is 10.6 Å². The molecule has 0 saturated carbocycles. The topological polar surface area (TPSA) is 98.7 Å². The van der Waals surface area contributed by atoms with E-state index < -0.39 is 22.6 Å². The Kier molecular flexibility index (Phi) is 8.12. The lowest BCUT2D eigenvalue weighted by Gasteiger charge is -2.35. The normalized spacial score (nSPS) is 34.3. The number of carbonyl (C=O) groups is 3. The summed E-state index contributed by atoms with van der Waals surface area (Å²) in [5.74, 6) is -1.12. The number of amides is 3. The molecule has 3 aliphatic heterocycles. The number of unbranched alkanes of at least 4 members (excludes halogenated alkanes) is 4. The van der Waals surface area contributed by atoms with Crippen LogP contribution in [0.15, 0.2) is 0 Å². The Morgan fingerprint density at radius 2 is 2.00 bits per heavy atom. The smallest absolute Gasteiger partial charge is 0.244 e. The molecule has 1 spiro atoms. The number of nitrogens with zero attached hydrogens (tertiary/aromatic N) is 1. The van der Waals surface area contributed by atoms with E-state index in [1.807, 2.05) is 0 Å². The predicted molar refractivity (Wildman–Crippen MR) is 121 cm³/mol. The first-order chi connectivity index (χ1) is 14.4. The average molecular weight is 504 g/mol. The van der Waals surface area contributed by atoms with Gasteiger partial charge in [-0.2, -0.15) is 0 Å². The number of rotatable bonds is 11. The minimum absolute atomic E-state index is 0.00540. The fraction of sp³-hybridized carbons (Fsp3) is 0.857. The molecule has 7 nitrogen and oxygen atoms in total. The molecular weight excluding hydrogens is 470 g/mol. The van der Waals surface area contributed by atoms with Crippen LogP contribution in [-0.4, -0.2) is 75.3 Å². The van der Waals surface area contributed by atoms with Crippen LogP contribution >= 0.6 is 27.7 Å². The van der Waals surface area contributed by atoms with Gasteiger partial charge in [-0.15, -0.1) is 11.8 Å². The highest BCUT2D eigenvalue weighted by molar-refractivity contribution is 9.09. The average Bonchev–Trinajstić information content (AvgIpc) is 3.31. The van der Waals surface area contributed by atoms with Crippen molar-refractivity contribution in [1.29, 1.82) is 0 Å². The maximum absolute atomic E-state index is 13.6. The molecule has 3 aliphatic rings. The molecule has 3 unspecified atom stereocenters. The van der Waals surface area contributed by atoms with E-state index >= 15 is 0 Å². The minimum Gasteiger partial charge on any atom is -0.396 e. The number of thioether (sulfide) groups is 1. The van der Waals surface area contributed by atoms with Crippen molar-refractivity contribution in [3.05, 3.63) is 0 Å². The molecule has 9 heteroatoms. The number of aliphatic hydroxyl groups excluding tert-OH is 1. The van der Waals surface area contributed by atoms with E-state index in [2.05, 4.69) is 33.5 Å². The van der Waals surface area contributed by atoms with Gasteiger partial charge in [0.1, 0.15) is 6.04 Å². The first-order valence-electron chi connectivity index (χ1n) is 11.2. The van der Waals surface area contributed by atoms with Crippen molar-refractivity contribution in [3.63, 3.8) is 0 Å². The van der Waals surface area contributed by atoms with Crippen molar-refractivity contribution in [2.24, 2.45) is 11.8 Å². The van der Waals surface area contributed by atoms with Crippen molar-refractivity contribution >= 4 is 45.4 Å². The largest absolute Gasteiger partial charge is 0.396 e. The fourth-order valence-electron chi connectivity index (χ4n) is 5.39. The third-order valence-corrected chi connectivity index (χ3v) is 9.94. The molecule has 3 saturated heterocycles. The second-order valence-electron chi connectivity index (χ2n) is 8.59. The van der Waals surface area contributed by atoms with E-state index in [4.69, 9.17) is 5.11 Å². The van der Waals surface area contributed by atoms with Crippen molar-refractivity contribution in [2.75, 3.05) is 26.7 Å². The SMILES string of the molecule is CCCCCNC(=O)C1N(CCCCCO)C(=O)[C@@H]2[C@@H](C(=O)NC)[C@@H]3SC12CC3Br. The Bertz CT molecular complexity index is 666. The number of alkyl halides is 1. The first kappa shape index (κ1) is 23.9. The number of hydrogen-bond donors (Lipinski definition) is 3. The van der Waals surface area contributed by atoms with E-state index in [0.29, 0.717) is 25.9 Å². The number of carbonyl (C=O) groups excluding carboxylic acids is 3. The van der Waals surface area contributed by atoms with Crippen molar-refractivity contribution in [1.82, 2.24) is 15.5 Å². The molecule has 0 aliphatic carbocycles. The predicted octanol–water partition coefficient (Wildman–Crippen LogP) is 1.67. The quantitative estimate of drug-likeness (QED) is 0.294. The maximum Gasteiger partial charge on any atom is 0.244 e. The van der Waals surface area contributed by atoms with Crippen molar-refractivity contribution in [3.8, 4) is 0 Å². The Hall–Kier alpha value is -0.800. The summed E-state index contributed by atoms with van der Waals surface area (Å²) in [5, 5.41) is 14.9. The molecule has 3 heterocycles. The van der Waals surface area contributed by atoms with Gasteiger partial charge in [-0.05, 0) is 32.1 Å². The molecule has 6 atom stereocenters. The lowest BCUT2D eigenvalue weighted by Crippen LogP contribution is -2.54. The maximum atomic E-state index is 13.6. The lowest BCUT2D eigenvalue weighted by molar-refractivity contribution is -0.139. The van der Waals surface area contributed by atoms with Gasteiger partial charge in [-0.3, -0.25) is 14.4 Å². The van der Waals surface area contributed by atoms with Gasteiger partial charge in [-0.1, -0.05) is 35.7 Å². The Balaban J connectivity index is 1.86. The highest BCUT2D eigenvalue weighted by atomic mass is 79.9. The molecule has 30 heavy (non-hydrogen) atoms. The number of aliphatic hydroxyl groups is 1. The monoisotopic (exact) mass is 503 g/mol. The zero-order valence-electron chi connectivity index (χ0n) is 17.9. The minimum atomic E-state index is -0.557. The zero-order valence-corrected chi connectivity index (χ0v) is 20.3. The van der Waals surface area contributed by atoms with Gasteiger partial charge in [0.05, 0.1) is 16.6 Å². The molecular formula is C21H34BrN3O4S. The summed E-state index contributed by atoms with van der Waals surface area (Å²) in [7, 11) is 1.61. The number of halogens is 1. The van der Waals surface area contributed by atoms with Gasteiger partial charge in [0.25, 0.3) is 0 Å². The summed E-state index contributed by atoms with van der Waals surface area (Å²) in [4.78, 5) is 41.5. The fourth-order valence-corrected chi connectivity index (χ4v) is 9.00. The number of fused-ring (bicyclic) bond motifs is 1. The molecule has 3 rings (SSSR count). The molecule has 0 radical (unpaired) electrons. The number of hydrogen-bond acceptors (Lipinski definition) is 5. The van der Waals surface area contributed by atoms with Crippen molar-refractivity contribution in [2.45, 2.75) is 72.7 Å². The summed E-state index contributed by atoms with van der Waals surface area (Å²) in [6.45, 7) is 3.35. The standard InChI is InChI=1S/C21H34BrN3O4S/c1-3-4-6-9-24-19(28)17-21-12-13(22)16(30-21)14(18(27)23-2)15(21)20(29)25(17)10-7-5-8-11-26/h13-17,26H,3-12H2,1-2H3,(H,23,27)(H,24,28)/t13?,14-,15+,16-,17?,21?/m1/s1. The number of nitrogens with one attached hydrogen (secondary N) is 2. The van der Waals surface area contributed by atoms with Crippen LogP contribution in [0.3, 0.4) is 0 Å². The van der Waals surface area contributed by atoms with Crippen LogP contribution in [0.4, 0.5) is 0 Å². The number of likely N-dealkylation sites (tertiary alicyclic amines) is 1. The highest BCUT2D eigenvalue weighted by Crippen LogP contribution is 2.67. The molecule has 0 aromatic heterocycles. The first-order valence-corrected chi connectivity index (χ1v) is 12.9. The lowest BCUT2D eigenvalue weighted by atomic mass is 9.70. The van der Waals surface area contributed by atoms with Crippen LogP contribution in [0.25, 0.3) is 0 Å².